The van der Waals surface area contributed by atoms with Gasteiger partial charge in [0, 0.05) is 9.95 Å². The standard InChI is InChI=1S/C13H14ClNO4/c1-8(16)13(9(2)17)11(7-15(18)19)10-5-3-4-6-12(10)14/h3-6,11,13H,7H2,1-2H3. The number of ketones is 2. The third kappa shape index (κ3) is 3.86. The lowest BCUT2D eigenvalue weighted by Gasteiger charge is -2.21. The molecule has 1 unspecified atom stereocenters. The Morgan fingerprint density at radius 3 is 2.21 bits per heavy atom. The molecule has 0 aromatic heterocycles. The maximum Gasteiger partial charge on any atom is 0.211 e. The van der Waals surface area contributed by atoms with Crippen molar-refractivity contribution in [3.63, 3.8) is 0 Å². The minimum Gasteiger partial charge on any atom is -0.299 e. The Morgan fingerprint density at radius 1 is 1.26 bits per heavy atom. The van der Waals surface area contributed by atoms with Crippen molar-refractivity contribution < 1.29 is 14.5 Å². The predicted octanol–water partition coefficient (Wildman–Crippen LogP) is 2.49. The van der Waals surface area contributed by atoms with Gasteiger partial charge in [-0.1, -0.05) is 29.8 Å². The number of rotatable bonds is 6. The minimum absolute atomic E-state index is 0.321. The van der Waals surface area contributed by atoms with E-state index in [4.69, 9.17) is 11.6 Å². The molecule has 6 heteroatoms. The molecule has 0 saturated carbocycles. The molecular formula is C13H14ClNO4. The van der Waals surface area contributed by atoms with Crippen molar-refractivity contribution in [1.29, 1.82) is 0 Å². The minimum atomic E-state index is -1.04. The summed E-state index contributed by atoms with van der Waals surface area (Å²) in [6.07, 6.45) is 0. The Balaban J connectivity index is 3.28. The van der Waals surface area contributed by atoms with Gasteiger partial charge in [-0.3, -0.25) is 19.7 Å². The second-order valence-corrected chi connectivity index (χ2v) is 4.75. The van der Waals surface area contributed by atoms with E-state index in [2.05, 4.69) is 0 Å². The Hall–Kier alpha value is -1.75. The number of hydrogen-bond donors (Lipinski definition) is 0. The van der Waals surface area contributed by atoms with Crippen LogP contribution < -0.4 is 0 Å². The first kappa shape index (κ1) is 15.3. The van der Waals surface area contributed by atoms with Crippen LogP contribution in [0.15, 0.2) is 24.3 Å². The normalized spacial score (nSPS) is 12.2. The number of hydrogen-bond acceptors (Lipinski definition) is 4. The van der Waals surface area contributed by atoms with Gasteiger partial charge >= 0.3 is 0 Å². The van der Waals surface area contributed by atoms with E-state index < -0.39 is 23.3 Å². The smallest absolute Gasteiger partial charge is 0.211 e. The number of carbonyl (C=O) groups excluding carboxylic acids is 2. The summed E-state index contributed by atoms with van der Waals surface area (Å²) in [6.45, 7) is 2.01. The fourth-order valence-corrected chi connectivity index (χ4v) is 2.45. The van der Waals surface area contributed by atoms with E-state index in [1.54, 1.807) is 24.3 Å². The maximum atomic E-state index is 11.6. The molecule has 0 aliphatic carbocycles. The monoisotopic (exact) mass is 283 g/mol. The van der Waals surface area contributed by atoms with E-state index in [0.29, 0.717) is 10.6 Å². The third-order valence-electron chi connectivity index (χ3n) is 2.93. The fraction of sp³-hybridized carbons (Fsp3) is 0.385. The molecular weight excluding hydrogens is 270 g/mol. The Bertz CT molecular complexity index is 501. The van der Waals surface area contributed by atoms with Crippen LogP contribution in [0.25, 0.3) is 0 Å². The van der Waals surface area contributed by atoms with Crippen LogP contribution >= 0.6 is 11.6 Å². The molecule has 0 amide bonds. The first-order chi connectivity index (χ1) is 8.84. The van der Waals surface area contributed by atoms with E-state index in [1.165, 1.54) is 13.8 Å². The van der Waals surface area contributed by atoms with Crippen molar-refractivity contribution in [3.8, 4) is 0 Å². The zero-order chi connectivity index (χ0) is 14.6. The topological polar surface area (TPSA) is 77.3 Å². The Morgan fingerprint density at radius 2 is 1.79 bits per heavy atom. The second-order valence-electron chi connectivity index (χ2n) is 4.34. The van der Waals surface area contributed by atoms with Gasteiger partial charge in [0.1, 0.15) is 11.6 Å². The van der Waals surface area contributed by atoms with E-state index in [-0.39, 0.29) is 11.6 Å². The summed E-state index contributed by atoms with van der Waals surface area (Å²) in [6, 6.07) is 6.55. The molecule has 0 aliphatic rings. The molecule has 1 aromatic rings. The molecule has 1 atom stereocenters. The Labute approximate surface area is 115 Å². The number of Topliss-reactive ketones (excluding diaryl/α,β-unsaturated/α-hetero) is 2. The summed E-state index contributed by atoms with van der Waals surface area (Å²) in [5.74, 6) is -2.65. The maximum absolute atomic E-state index is 11.6. The molecule has 5 nitrogen and oxygen atoms in total. The van der Waals surface area contributed by atoms with Crippen molar-refractivity contribution in [2.45, 2.75) is 19.8 Å². The first-order valence-electron chi connectivity index (χ1n) is 5.71. The van der Waals surface area contributed by atoms with Crippen LogP contribution in [0.4, 0.5) is 0 Å². The molecule has 0 saturated heterocycles. The average molecular weight is 284 g/mol. The van der Waals surface area contributed by atoms with Crippen LogP contribution in [0.3, 0.4) is 0 Å². The summed E-state index contributed by atoms with van der Waals surface area (Å²) in [5, 5.41) is 11.1. The SMILES string of the molecule is CC(=O)C(C(C)=O)C(C[N+](=O)[O-])c1ccccc1Cl. The van der Waals surface area contributed by atoms with Crippen LogP contribution in [-0.2, 0) is 9.59 Å². The zero-order valence-electron chi connectivity index (χ0n) is 10.6. The molecule has 0 fully saturated rings. The third-order valence-corrected chi connectivity index (χ3v) is 3.27. The van der Waals surface area contributed by atoms with Crippen LogP contribution in [-0.4, -0.2) is 23.0 Å². The van der Waals surface area contributed by atoms with Crippen LogP contribution in [0.1, 0.15) is 25.3 Å². The lowest BCUT2D eigenvalue weighted by atomic mass is 9.81. The van der Waals surface area contributed by atoms with Crippen LogP contribution in [0.5, 0.6) is 0 Å². The predicted molar refractivity (Wildman–Crippen MR) is 70.9 cm³/mol. The highest BCUT2D eigenvalue weighted by atomic mass is 35.5. The number of halogens is 1. The van der Waals surface area contributed by atoms with Crippen molar-refractivity contribution in [2.75, 3.05) is 6.54 Å². The number of carbonyl (C=O) groups is 2. The molecule has 102 valence electrons. The largest absolute Gasteiger partial charge is 0.299 e. The van der Waals surface area contributed by atoms with Gasteiger partial charge in [-0.25, -0.2) is 0 Å². The number of benzene rings is 1. The van der Waals surface area contributed by atoms with E-state index in [0.717, 1.165) is 0 Å². The van der Waals surface area contributed by atoms with Crippen molar-refractivity contribution in [3.05, 3.63) is 45.0 Å². The van der Waals surface area contributed by atoms with Gasteiger partial charge in [0.05, 0.1) is 11.8 Å². The van der Waals surface area contributed by atoms with Gasteiger partial charge in [-0.15, -0.1) is 0 Å². The zero-order valence-corrected chi connectivity index (χ0v) is 11.4. The fourth-order valence-electron chi connectivity index (χ4n) is 2.17. The summed E-state index contributed by atoms with van der Waals surface area (Å²) in [4.78, 5) is 33.5. The molecule has 19 heavy (non-hydrogen) atoms. The highest BCUT2D eigenvalue weighted by molar-refractivity contribution is 6.31. The molecule has 0 aliphatic heterocycles. The lowest BCUT2D eigenvalue weighted by molar-refractivity contribution is -0.484. The first-order valence-corrected chi connectivity index (χ1v) is 6.09. The number of nitro groups is 1. The second kappa shape index (κ2) is 6.43. The lowest BCUT2D eigenvalue weighted by Crippen LogP contribution is -2.31. The van der Waals surface area contributed by atoms with Crippen molar-refractivity contribution in [1.82, 2.24) is 0 Å². The van der Waals surface area contributed by atoms with Gasteiger partial charge in [0.15, 0.2) is 0 Å². The van der Waals surface area contributed by atoms with Gasteiger partial charge in [0.25, 0.3) is 0 Å². The highest BCUT2D eigenvalue weighted by Crippen LogP contribution is 2.31. The molecule has 0 bridgehead atoms. The quantitative estimate of drug-likeness (QED) is 0.456. The van der Waals surface area contributed by atoms with Gasteiger partial charge in [-0.05, 0) is 25.5 Å². The highest BCUT2D eigenvalue weighted by Gasteiger charge is 2.35. The van der Waals surface area contributed by atoms with E-state index in [9.17, 15) is 19.7 Å². The molecule has 0 heterocycles. The van der Waals surface area contributed by atoms with Crippen molar-refractivity contribution >= 4 is 23.2 Å². The van der Waals surface area contributed by atoms with Gasteiger partial charge in [0.2, 0.25) is 6.54 Å². The summed E-state index contributed by atoms with van der Waals surface area (Å²) in [5.41, 5.74) is 0.455. The molecule has 0 N–H and O–H groups in total. The molecule has 0 spiro atoms. The molecule has 1 aromatic carbocycles. The van der Waals surface area contributed by atoms with E-state index in [1.807, 2.05) is 0 Å². The van der Waals surface area contributed by atoms with Gasteiger partial charge < -0.3 is 0 Å². The average Bonchev–Trinajstić information content (AvgIpc) is 2.27. The Kier molecular flexibility index (Phi) is 5.18. The number of nitrogens with zero attached hydrogens (tertiary/aromatic N) is 1. The van der Waals surface area contributed by atoms with Crippen molar-refractivity contribution in [2.24, 2.45) is 5.92 Å². The van der Waals surface area contributed by atoms with E-state index >= 15 is 0 Å². The van der Waals surface area contributed by atoms with Gasteiger partial charge in [-0.2, -0.15) is 0 Å². The van der Waals surface area contributed by atoms with Crippen LogP contribution in [0, 0.1) is 16.0 Å². The summed E-state index contributed by atoms with van der Waals surface area (Å²) in [7, 11) is 0. The molecule has 0 radical (unpaired) electrons. The molecule has 1 rings (SSSR count). The van der Waals surface area contributed by atoms with Crippen LogP contribution in [0.2, 0.25) is 5.02 Å². The summed E-state index contributed by atoms with van der Waals surface area (Å²) < 4.78 is 0. The summed E-state index contributed by atoms with van der Waals surface area (Å²) >= 11 is 6.01.